The first-order valence-electron chi connectivity index (χ1n) is 19.1. The summed E-state index contributed by atoms with van der Waals surface area (Å²) in [6.45, 7) is 8.05. The number of anilines is 3. The summed E-state index contributed by atoms with van der Waals surface area (Å²) in [5.74, 6) is -7.79. The summed E-state index contributed by atoms with van der Waals surface area (Å²) in [5, 5.41) is 25.4. The molecule has 0 amide bonds. The first-order chi connectivity index (χ1) is 28.3. The minimum Gasteiger partial charge on any atom is -0.390 e. The molecule has 0 aliphatic heterocycles. The van der Waals surface area contributed by atoms with E-state index < -0.39 is 64.4 Å². The third-order valence-corrected chi connectivity index (χ3v) is 9.64. The van der Waals surface area contributed by atoms with Crippen molar-refractivity contribution in [1.82, 2.24) is 29.7 Å². The number of benzene rings is 2. The van der Waals surface area contributed by atoms with Crippen LogP contribution in [-0.2, 0) is 23.2 Å². The van der Waals surface area contributed by atoms with Crippen molar-refractivity contribution in [2.45, 2.75) is 72.1 Å². The number of fused-ring (bicyclic) bond motifs is 1. The Bertz CT molecular complexity index is 2470. The van der Waals surface area contributed by atoms with Crippen LogP contribution in [0.25, 0.3) is 11.0 Å². The van der Waals surface area contributed by atoms with Crippen molar-refractivity contribution < 1.29 is 36.2 Å². The molecule has 0 spiro atoms. The predicted molar refractivity (Wildman–Crippen MR) is 222 cm³/mol. The van der Waals surface area contributed by atoms with Crippen LogP contribution in [-0.4, -0.2) is 82.4 Å². The van der Waals surface area contributed by atoms with Gasteiger partial charge in [-0.25, -0.2) is 31.0 Å². The highest BCUT2D eigenvalue weighted by molar-refractivity contribution is 6.03. The first kappa shape index (κ1) is 47.9. The maximum Gasteiger partial charge on any atom is 0.270 e. The number of nitrogens with zero attached hydrogens (tertiary/aromatic N) is 6. The molecule has 2 aromatic carbocycles. The quantitative estimate of drug-likeness (QED) is 0.0539. The zero-order valence-electron chi connectivity index (χ0n) is 35.8. The second-order valence-corrected chi connectivity index (χ2v) is 15.8. The zero-order chi connectivity index (χ0) is 45.9. The van der Waals surface area contributed by atoms with Gasteiger partial charge in [0.2, 0.25) is 11.9 Å². The summed E-state index contributed by atoms with van der Waals surface area (Å²) in [5.41, 5.74) is -1.46. The molecular weight excluding hydrogens is 811 g/mol. The first-order valence-corrected chi connectivity index (χ1v) is 19.1. The molecule has 0 aliphatic carbocycles. The van der Waals surface area contributed by atoms with Gasteiger partial charge in [0.05, 0.1) is 31.0 Å². The van der Waals surface area contributed by atoms with Crippen molar-refractivity contribution in [2.24, 2.45) is 11.8 Å². The largest absolute Gasteiger partial charge is 0.390 e. The Morgan fingerprint density at radius 1 is 0.852 bits per heavy atom. The van der Waals surface area contributed by atoms with Crippen LogP contribution in [0.5, 0.6) is 0 Å². The van der Waals surface area contributed by atoms with Crippen LogP contribution in [0.15, 0.2) is 46.0 Å². The van der Waals surface area contributed by atoms with E-state index in [0.29, 0.717) is 13.8 Å². The highest BCUT2D eigenvalue weighted by atomic mass is 19.3. The van der Waals surface area contributed by atoms with Crippen molar-refractivity contribution in [3.8, 4) is 0 Å². The molecule has 0 saturated carbocycles. The Hall–Kier alpha value is -5.76. The van der Waals surface area contributed by atoms with Crippen LogP contribution < -0.4 is 26.2 Å². The molecule has 20 heteroatoms. The van der Waals surface area contributed by atoms with Gasteiger partial charge in [0.25, 0.3) is 23.0 Å². The molecule has 0 fully saturated rings. The van der Waals surface area contributed by atoms with Crippen LogP contribution in [0.3, 0.4) is 0 Å². The Morgan fingerprint density at radius 3 is 1.80 bits per heavy atom. The standard InChI is InChI=1S/C21H28F3N5O2.C20H24F3N5O2/c1-11(2)17(13-8-7-12(9-14(13)22)21(3,23)24)26-18-16(15(25)10-31-6)19(30)28-20(27-18)29(4)5;1-10(2)16(12-7-6-11(8-13(12)21)20(3,22)23)28-17-15(14(9-29)26-28)18(30)25-19(24-17)27(4)5/h7-9,11,17,25H,10H2,1-6H3,(H2,26,27,28,30);6-8,10,16,29H,9H2,1-5H3,(H,24,25,30). The van der Waals surface area contributed by atoms with Gasteiger partial charge < -0.3 is 30.4 Å². The van der Waals surface area contributed by atoms with Crippen LogP contribution in [0.4, 0.5) is 44.1 Å². The van der Waals surface area contributed by atoms with E-state index in [9.17, 15) is 41.0 Å². The molecule has 14 nitrogen and oxygen atoms in total. The van der Waals surface area contributed by atoms with Crippen LogP contribution in [0.1, 0.15) is 87.1 Å². The minimum absolute atomic E-state index is 0.0322. The zero-order valence-corrected chi connectivity index (χ0v) is 35.8. The number of nitrogens with one attached hydrogen (secondary N) is 4. The molecule has 3 aromatic heterocycles. The molecule has 332 valence electrons. The molecular formula is C41H52F6N10O4. The number of rotatable bonds is 15. The molecule has 5 aromatic rings. The van der Waals surface area contributed by atoms with E-state index >= 15 is 0 Å². The number of ether oxygens (including phenoxy) is 1. The van der Waals surface area contributed by atoms with E-state index in [1.807, 2.05) is 27.7 Å². The summed E-state index contributed by atoms with van der Waals surface area (Å²) in [7, 11) is 8.16. The smallest absolute Gasteiger partial charge is 0.270 e. The average Bonchev–Trinajstić information content (AvgIpc) is 3.52. The van der Waals surface area contributed by atoms with E-state index in [2.05, 4.69) is 30.4 Å². The number of aromatic nitrogens is 6. The third kappa shape index (κ3) is 10.8. The lowest BCUT2D eigenvalue weighted by atomic mass is 9.93. The van der Waals surface area contributed by atoms with Gasteiger partial charge in [-0.3, -0.25) is 19.6 Å². The van der Waals surface area contributed by atoms with Gasteiger partial charge in [-0.15, -0.1) is 0 Å². The summed E-state index contributed by atoms with van der Waals surface area (Å²) >= 11 is 0. The lowest BCUT2D eigenvalue weighted by Gasteiger charge is -2.26. The topological polar surface area (TPSA) is 181 Å². The molecule has 3 heterocycles. The van der Waals surface area contributed by atoms with E-state index in [4.69, 9.17) is 10.1 Å². The number of methoxy groups -OCH3 is 1. The summed E-state index contributed by atoms with van der Waals surface area (Å²) in [6.07, 6.45) is 0. The highest BCUT2D eigenvalue weighted by Crippen LogP contribution is 2.36. The van der Waals surface area contributed by atoms with E-state index in [-0.39, 0.29) is 75.3 Å². The fourth-order valence-electron chi connectivity index (χ4n) is 6.51. The Morgan fingerprint density at radius 2 is 1.36 bits per heavy atom. The van der Waals surface area contributed by atoms with Gasteiger partial charge in [0, 0.05) is 71.4 Å². The van der Waals surface area contributed by atoms with Gasteiger partial charge in [-0.05, 0) is 24.0 Å². The van der Waals surface area contributed by atoms with Crippen LogP contribution in [0.2, 0.25) is 0 Å². The van der Waals surface area contributed by atoms with E-state index in [1.54, 1.807) is 38.0 Å². The van der Waals surface area contributed by atoms with Crippen LogP contribution >= 0.6 is 0 Å². The molecule has 0 bridgehead atoms. The maximum atomic E-state index is 14.9. The highest BCUT2D eigenvalue weighted by Gasteiger charge is 2.32. The molecule has 5 N–H and O–H groups in total. The number of hydrogen-bond donors (Lipinski definition) is 5. The fraction of sp³-hybridized carbons (Fsp3) is 0.463. The molecule has 5 rings (SSSR count). The Kier molecular flexibility index (Phi) is 14.8. The number of H-pyrrole nitrogens is 2. The van der Waals surface area contributed by atoms with Gasteiger partial charge in [0.1, 0.15) is 34.1 Å². The fourth-order valence-corrected chi connectivity index (χ4v) is 6.51. The third-order valence-electron chi connectivity index (χ3n) is 9.64. The number of hydrogen-bond acceptors (Lipinski definition) is 11. The molecule has 0 radical (unpaired) electrons. The number of halogens is 6. The molecule has 0 aliphatic rings. The summed E-state index contributed by atoms with van der Waals surface area (Å²) in [4.78, 5) is 42.5. The summed E-state index contributed by atoms with van der Waals surface area (Å²) in [6, 6.07) is 5.16. The number of aromatic amines is 2. The van der Waals surface area contributed by atoms with Gasteiger partial charge in [-0.2, -0.15) is 15.1 Å². The SMILES string of the molecule is CC(C)C(c1ccc(C(C)(F)F)cc1F)n1nc(CO)c2c(=O)[nH]c(N(C)C)nc21.COCC(=N)c1c(NC(c2ccc(C(C)(F)F)cc2F)C(C)C)nc(N(C)C)[nH]c1=O. The van der Waals surface area contributed by atoms with Crippen molar-refractivity contribution in [3.63, 3.8) is 0 Å². The second kappa shape index (κ2) is 18.9. The van der Waals surface area contributed by atoms with Crippen molar-refractivity contribution >= 4 is 34.5 Å². The number of aliphatic hydroxyl groups excluding tert-OH is 1. The Labute approximate surface area is 348 Å². The van der Waals surface area contributed by atoms with Gasteiger partial charge in [-0.1, -0.05) is 52.0 Å². The number of aliphatic hydroxyl groups is 1. The lowest BCUT2D eigenvalue weighted by molar-refractivity contribution is 0.0164. The molecule has 0 saturated heterocycles. The maximum absolute atomic E-state index is 14.9. The molecule has 2 unspecified atom stereocenters. The minimum atomic E-state index is -3.18. The molecule has 61 heavy (non-hydrogen) atoms. The van der Waals surface area contributed by atoms with Gasteiger partial charge >= 0.3 is 0 Å². The normalized spacial score (nSPS) is 13.0. The van der Waals surface area contributed by atoms with E-state index in [0.717, 1.165) is 12.1 Å². The molecule has 2 atom stereocenters. The predicted octanol–water partition coefficient (Wildman–Crippen LogP) is 7.08. The van der Waals surface area contributed by atoms with Crippen molar-refractivity contribution in [3.05, 3.63) is 102 Å². The lowest BCUT2D eigenvalue weighted by Crippen LogP contribution is -2.29. The van der Waals surface area contributed by atoms with E-state index in [1.165, 1.54) is 36.1 Å². The van der Waals surface area contributed by atoms with Crippen molar-refractivity contribution in [2.75, 3.05) is 57.0 Å². The summed E-state index contributed by atoms with van der Waals surface area (Å²) < 4.78 is 90.5. The second-order valence-electron chi connectivity index (χ2n) is 15.8. The average molecular weight is 863 g/mol. The van der Waals surface area contributed by atoms with Gasteiger partial charge in [0.15, 0.2) is 5.65 Å². The number of alkyl halides is 4. The van der Waals surface area contributed by atoms with Crippen molar-refractivity contribution in [1.29, 1.82) is 5.41 Å². The Balaban J connectivity index is 0.000000269. The van der Waals surface area contributed by atoms with Crippen LogP contribution in [0, 0.1) is 28.9 Å². The monoisotopic (exact) mass is 862 g/mol.